The lowest BCUT2D eigenvalue weighted by molar-refractivity contribution is -0.182. The minimum atomic E-state index is -0.639. The van der Waals surface area contributed by atoms with Crippen molar-refractivity contribution in [2.45, 2.75) is 63.1 Å². The van der Waals surface area contributed by atoms with E-state index < -0.39 is 5.79 Å². The zero-order chi connectivity index (χ0) is 21.2. The minimum absolute atomic E-state index is 0.0263. The average molecular weight is 421 g/mol. The smallest absolute Gasteiger partial charge is 0.238 e. The molecule has 4 aliphatic rings. The van der Waals surface area contributed by atoms with Crippen molar-refractivity contribution in [3.05, 3.63) is 71.8 Å². The Labute approximate surface area is 182 Å². The van der Waals surface area contributed by atoms with Gasteiger partial charge in [-0.25, -0.2) is 5.01 Å². The van der Waals surface area contributed by atoms with Crippen LogP contribution in [0.25, 0.3) is 0 Å². The second kappa shape index (κ2) is 7.14. The Morgan fingerprint density at radius 2 is 1.68 bits per heavy atom. The maximum atomic E-state index is 12.9. The molecule has 0 spiro atoms. The van der Waals surface area contributed by atoms with Crippen LogP contribution in [0.5, 0.6) is 0 Å². The second-order valence-corrected chi connectivity index (χ2v) is 9.47. The first kappa shape index (κ1) is 19.4. The zero-order valence-corrected chi connectivity index (χ0v) is 17.9. The number of benzene rings is 2. The third-order valence-corrected chi connectivity index (χ3v) is 7.10. The summed E-state index contributed by atoms with van der Waals surface area (Å²) < 4.78 is 19.2. The van der Waals surface area contributed by atoms with Crippen LogP contribution in [0.1, 0.15) is 37.4 Å². The Kier molecular flexibility index (Phi) is 4.47. The SMILES string of the molecule is CC1(C)O[C@@H]2[C@@H](OCc3ccccc3)[C@H]3[C@H](CN4C(=O)C[C@@H](c5ccccc5)N34)[C@@H]2O1. The molecule has 31 heavy (non-hydrogen) atoms. The number of rotatable bonds is 4. The van der Waals surface area contributed by atoms with Crippen LogP contribution in [0.4, 0.5) is 0 Å². The number of amides is 1. The molecule has 2 aromatic rings. The topological polar surface area (TPSA) is 51.2 Å². The summed E-state index contributed by atoms with van der Waals surface area (Å²) in [5.74, 6) is -0.289. The van der Waals surface area contributed by atoms with Gasteiger partial charge in [-0.1, -0.05) is 60.7 Å². The van der Waals surface area contributed by atoms with Crippen LogP contribution in [-0.2, 0) is 25.6 Å². The number of carbonyl (C=O) groups is 1. The highest BCUT2D eigenvalue weighted by Gasteiger charge is 2.67. The molecule has 1 saturated carbocycles. The molecule has 0 unspecified atom stereocenters. The molecule has 1 amide bonds. The summed E-state index contributed by atoms with van der Waals surface area (Å²) >= 11 is 0. The predicted octanol–water partition coefficient (Wildman–Crippen LogP) is 3.29. The van der Waals surface area contributed by atoms with E-state index in [2.05, 4.69) is 29.3 Å². The molecule has 3 heterocycles. The Morgan fingerprint density at radius 3 is 2.42 bits per heavy atom. The normalized spacial score (nSPS) is 35.9. The number of ether oxygens (including phenoxy) is 3. The predicted molar refractivity (Wildman–Crippen MR) is 113 cm³/mol. The van der Waals surface area contributed by atoms with Crippen LogP contribution in [-0.4, -0.2) is 52.6 Å². The third-order valence-electron chi connectivity index (χ3n) is 7.10. The highest BCUT2D eigenvalue weighted by Crippen LogP contribution is 2.53. The summed E-state index contributed by atoms with van der Waals surface area (Å²) in [4.78, 5) is 12.9. The maximum Gasteiger partial charge on any atom is 0.238 e. The molecule has 1 aliphatic carbocycles. The fourth-order valence-electron chi connectivity index (χ4n) is 5.93. The molecular weight excluding hydrogens is 392 g/mol. The Bertz CT molecular complexity index is 966. The van der Waals surface area contributed by atoms with Gasteiger partial charge in [0.05, 0.1) is 24.8 Å². The highest BCUT2D eigenvalue weighted by molar-refractivity contribution is 5.79. The number of hydrazine groups is 1. The van der Waals surface area contributed by atoms with Gasteiger partial charge in [0.2, 0.25) is 5.91 Å². The first-order valence-electron chi connectivity index (χ1n) is 11.2. The summed E-state index contributed by atoms with van der Waals surface area (Å²) in [5.41, 5.74) is 2.30. The second-order valence-electron chi connectivity index (χ2n) is 9.47. The summed E-state index contributed by atoms with van der Waals surface area (Å²) in [6.07, 6.45) is 0.124. The first-order chi connectivity index (χ1) is 15.0. The first-order valence-corrected chi connectivity index (χ1v) is 11.2. The highest BCUT2D eigenvalue weighted by atomic mass is 16.8. The van der Waals surface area contributed by atoms with Crippen LogP contribution in [0.15, 0.2) is 60.7 Å². The number of hydrogen-bond acceptors (Lipinski definition) is 5. The lowest BCUT2D eigenvalue weighted by Crippen LogP contribution is -2.48. The summed E-state index contributed by atoms with van der Waals surface area (Å²) in [5, 5.41) is 4.22. The van der Waals surface area contributed by atoms with Gasteiger partial charge < -0.3 is 14.2 Å². The van der Waals surface area contributed by atoms with Crippen molar-refractivity contribution in [3.63, 3.8) is 0 Å². The molecule has 3 saturated heterocycles. The molecule has 0 N–H and O–H groups in total. The summed E-state index contributed by atoms with van der Waals surface area (Å²) in [6.45, 7) is 5.10. The van der Waals surface area contributed by atoms with Crippen LogP contribution in [0.2, 0.25) is 0 Å². The van der Waals surface area contributed by atoms with Gasteiger partial charge in [-0.05, 0) is 25.0 Å². The van der Waals surface area contributed by atoms with Crippen molar-refractivity contribution in [1.82, 2.24) is 10.0 Å². The van der Waals surface area contributed by atoms with Gasteiger partial charge in [0.15, 0.2) is 5.79 Å². The van der Waals surface area contributed by atoms with E-state index in [-0.39, 0.29) is 42.2 Å². The van der Waals surface area contributed by atoms with Gasteiger partial charge in [-0.15, -0.1) is 0 Å². The Morgan fingerprint density at radius 1 is 1.00 bits per heavy atom. The van der Waals surface area contributed by atoms with E-state index in [4.69, 9.17) is 14.2 Å². The van der Waals surface area contributed by atoms with Crippen LogP contribution >= 0.6 is 0 Å². The molecule has 6 nitrogen and oxygen atoms in total. The van der Waals surface area contributed by atoms with E-state index >= 15 is 0 Å². The van der Waals surface area contributed by atoms with Crippen molar-refractivity contribution in [1.29, 1.82) is 0 Å². The summed E-state index contributed by atoms with van der Waals surface area (Å²) in [7, 11) is 0. The van der Waals surface area contributed by atoms with E-state index in [0.29, 0.717) is 19.6 Å². The zero-order valence-electron chi connectivity index (χ0n) is 17.9. The number of fused-ring (bicyclic) bond motifs is 5. The molecule has 162 valence electrons. The van der Waals surface area contributed by atoms with Crippen molar-refractivity contribution < 1.29 is 19.0 Å². The molecular formula is C25H28N2O4. The third kappa shape index (κ3) is 3.12. The largest absolute Gasteiger partial charge is 0.369 e. The lowest BCUT2D eigenvalue weighted by Gasteiger charge is -2.35. The van der Waals surface area contributed by atoms with Gasteiger partial charge >= 0.3 is 0 Å². The average Bonchev–Trinajstić information content (AvgIpc) is 3.46. The minimum Gasteiger partial charge on any atom is -0.369 e. The van der Waals surface area contributed by atoms with E-state index in [1.54, 1.807) is 0 Å². The van der Waals surface area contributed by atoms with Crippen LogP contribution in [0.3, 0.4) is 0 Å². The molecule has 0 radical (unpaired) electrons. The van der Waals surface area contributed by atoms with Crippen LogP contribution in [0, 0.1) is 5.92 Å². The monoisotopic (exact) mass is 420 g/mol. The molecule has 3 aliphatic heterocycles. The summed E-state index contributed by atoms with van der Waals surface area (Å²) in [6, 6.07) is 20.6. The number of carbonyl (C=O) groups excluding carboxylic acids is 1. The van der Waals surface area contributed by atoms with Crippen molar-refractivity contribution in [2.75, 3.05) is 6.54 Å². The molecule has 0 aromatic heterocycles. The van der Waals surface area contributed by atoms with Crippen molar-refractivity contribution in [2.24, 2.45) is 5.92 Å². The van der Waals surface area contributed by atoms with Gasteiger partial charge in [-0.3, -0.25) is 9.80 Å². The Hall–Kier alpha value is -2.25. The Balaban J connectivity index is 1.34. The van der Waals surface area contributed by atoms with Gasteiger partial charge in [-0.2, -0.15) is 0 Å². The van der Waals surface area contributed by atoms with Gasteiger partial charge in [0.25, 0.3) is 0 Å². The molecule has 6 rings (SSSR count). The molecule has 0 bridgehead atoms. The number of nitrogens with zero attached hydrogens (tertiary/aromatic N) is 2. The maximum absolute atomic E-state index is 12.9. The van der Waals surface area contributed by atoms with Crippen molar-refractivity contribution >= 4 is 5.91 Å². The number of hydrogen-bond donors (Lipinski definition) is 0. The molecule has 6 heteroatoms. The fourth-order valence-corrected chi connectivity index (χ4v) is 5.93. The van der Waals surface area contributed by atoms with E-state index in [1.807, 2.05) is 55.3 Å². The van der Waals surface area contributed by atoms with Crippen LogP contribution < -0.4 is 0 Å². The fraction of sp³-hybridized carbons (Fsp3) is 0.480. The van der Waals surface area contributed by atoms with Gasteiger partial charge in [0, 0.05) is 18.9 Å². The molecule has 4 fully saturated rings. The van der Waals surface area contributed by atoms with E-state index in [1.165, 1.54) is 5.56 Å². The van der Waals surface area contributed by atoms with Gasteiger partial charge in [0.1, 0.15) is 12.2 Å². The van der Waals surface area contributed by atoms with E-state index in [0.717, 1.165) is 5.56 Å². The van der Waals surface area contributed by atoms with E-state index in [9.17, 15) is 4.79 Å². The van der Waals surface area contributed by atoms with Crippen molar-refractivity contribution in [3.8, 4) is 0 Å². The quantitative estimate of drug-likeness (QED) is 0.760. The molecule has 6 atom stereocenters. The standard InChI is InChI=1S/C25H28N2O4/c1-25(2)30-22-18-14-26-20(28)13-19(17-11-7-4-8-12-17)27(26)21(18)23(24(22)31-25)29-15-16-9-5-3-6-10-16/h3-12,18-19,21-24H,13-15H2,1-2H3/t18-,19-,21+,22-,23-,24-/m0/s1. The molecule has 2 aromatic carbocycles. The lowest BCUT2D eigenvalue weighted by atomic mass is 9.97.